The highest BCUT2D eigenvalue weighted by molar-refractivity contribution is 14.1. The zero-order chi connectivity index (χ0) is 6.69. The van der Waals surface area contributed by atoms with Gasteiger partial charge in [-0.25, -0.2) is 2.63 Å². The van der Waals surface area contributed by atoms with Crippen molar-refractivity contribution in [2.45, 2.75) is 0 Å². The molecule has 1 aromatic carbocycles. The third-order valence-corrected chi connectivity index (χ3v) is 1.70. The van der Waals surface area contributed by atoms with E-state index in [1.54, 1.807) is 0 Å². The number of hydrogen-bond donors (Lipinski definition) is 0. The van der Waals surface area contributed by atoms with Gasteiger partial charge in [0.05, 0.1) is 28.6 Å². The average molecular weight is 253 g/mol. The van der Waals surface area contributed by atoms with Crippen LogP contribution in [-0.4, -0.2) is 0 Å². The molecule has 1 rings (SSSR count). The van der Waals surface area contributed by atoms with Crippen molar-refractivity contribution < 1.29 is 0 Å². The molecule has 48 valence electrons. The number of rotatable bonds is 1. The van der Waals surface area contributed by atoms with Crippen molar-refractivity contribution in [2.75, 3.05) is 2.63 Å². The standard InChI is InChI=1S/C6H5ClIN/c7-9(8)6-4-2-1-3-5-6/h1-5H. The van der Waals surface area contributed by atoms with Crippen LogP contribution in [0.4, 0.5) is 5.69 Å². The Morgan fingerprint density at radius 2 is 1.78 bits per heavy atom. The van der Waals surface area contributed by atoms with Gasteiger partial charge in [-0.15, -0.1) is 0 Å². The van der Waals surface area contributed by atoms with Gasteiger partial charge in [0.2, 0.25) is 0 Å². The van der Waals surface area contributed by atoms with Crippen molar-refractivity contribution in [1.82, 2.24) is 0 Å². The highest BCUT2D eigenvalue weighted by Gasteiger charge is 1.92. The summed E-state index contributed by atoms with van der Waals surface area (Å²) in [6, 6.07) is 9.74. The van der Waals surface area contributed by atoms with Crippen LogP contribution >= 0.6 is 34.6 Å². The number of nitrogens with zero attached hydrogens (tertiary/aromatic N) is 1. The van der Waals surface area contributed by atoms with Crippen LogP contribution in [0.3, 0.4) is 0 Å². The number of anilines is 1. The van der Waals surface area contributed by atoms with Crippen molar-refractivity contribution >= 4 is 40.3 Å². The molecular weight excluding hydrogens is 248 g/mol. The quantitative estimate of drug-likeness (QED) is 0.549. The van der Waals surface area contributed by atoms with Crippen LogP contribution < -0.4 is 2.63 Å². The molecule has 3 heteroatoms. The van der Waals surface area contributed by atoms with E-state index < -0.39 is 0 Å². The van der Waals surface area contributed by atoms with Crippen LogP contribution in [0.15, 0.2) is 30.3 Å². The lowest BCUT2D eigenvalue weighted by molar-refractivity contribution is 1.63. The van der Waals surface area contributed by atoms with Crippen molar-refractivity contribution in [3.05, 3.63) is 30.3 Å². The van der Waals surface area contributed by atoms with Crippen molar-refractivity contribution in [2.24, 2.45) is 0 Å². The van der Waals surface area contributed by atoms with Crippen LogP contribution in [0.5, 0.6) is 0 Å². The lowest BCUT2D eigenvalue weighted by atomic mass is 10.3. The highest BCUT2D eigenvalue weighted by atomic mass is 127. The summed E-state index contributed by atoms with van der Waals surface area (Å²) in [7, 11) is 0. The molecule has 0 heterocycles. The minimum Gasteiger partial charge on any atom is -0.224 e. The molecule has 0 radical (unpaired) electrons. The molecule has 0 aliphatic heterocycles. The van der Waals surface area contributed by atoms with Gasteiger partial charge in [0.15, 0.2) is 0 Å². The lowest BCUT2D eigenvalue weighted by Crippen LogP contribution is -1.87. The third-order valence-electron chi connectivity index (χ3n) is 0.951. The fourth-order valence-corrected chi connectivity index (χ4v) is 0.975. The maximum absolute atomic E-state index is 5.62. The van der Waals surface area contributed by atoms with E-state index in [0.29, 0.717) is 0 Å². The zero-order valence-corrected chi connectivity index (χ0v) is 7.50. The first-order valence-corrected chi connectivity index (χ1v) is 3.78. The highest BCUT2D eigenvalue weighted by Crippen LogP contribution is 2.18. The summed E-state index contributed by atoms with van der Waals surface area (Å²) >= 11 is 7.63. The van der Waals surface area contributed by atoms with E-state index in [4.69, 9.17) is 11.8 Å². The molecule has 0 fully saturated rings. The molecule has 0 saturated carbocycles. The molecule has 0 aliphatic rings. The SMILES string of the molecule is ClN(I)c1ccccc1. The van der Waals surface area contributed by atoms with Gasteiger partial charge in [0, 0.05) is 11.8 Å². The predicted octanol–water partition coefficient (Wildman–Crippen LogP) is 3.00. The summed E-state index contributed by atoms with van der Waals surface area (Å²) < 4.78 is 1.53. The van der Waals surface area contributed by atoms with E-state index in [0.717, 1.165) is 5.69 Å². The second kappa shape index (κ2) is 3.27. The molecule has 1 aromatic rings. The average Bonchev–Trinajstić information content (AvgIpc) is 1.90. The first-order valence-electron chi connectivity index (χ1n) is 2.47. The molecule has 0 N–H and O–H groups in total. The van der Waals surface area contributed by atoms with Gasteiger partial charge in [-0.05, 0) is 12.1 Å². The van der Waals surface area contributed by atoms with Gasteiger partial charge in [-0.3, -0.25) is 0 Å². The van der Waals surface area contributed by atoms with E-state index >= 15 is 0 Å². The normalized spacial score (nSPS) is 9.11. The number of halogens is 2. The maximum Gasteiger partial charge on any atom is 0.0767 e. The minimum absolute atomic E-state index is 1.000. The van der Waals surface area contributed by atoms with E-state index in [9.17, 15) is 0 Å². The predicted molar refractivity (Wildman–Crippen MR) is 48.8 cm³/mol. The summed E-state index contributed by atoms with van der Waals surface area (Å²) in [6.07, 6.45) is 0. The fraction of sp³-hybridized carbons (Fsp3) is 0. The monoisotopic (exact) mass is 253 g/mol. The summed E-state index contributed by atoms with van der Waals surface area (Å²) in [5, 5.41) is 0. The Morgan fingerprint density at radius 1 is 1.22 bits per heavy atom. The largest absolute Gasteiger partial charge is 0.224 e. The molecule has 1 nitrogen and oxygen atoms in total. The first-order chi connectivity index (χ1) is 4.30. The third kappa shape index (κ3) is 2.02. The van der Waals surface area contributed by atoms with Gasteiger partial charge in [-0.2, -0.15) is 0 Å². The van der Waals surface area contributed by atoms with Gasteiger partial charge >= 0.3 is 0 Å². The molecule has 0 aliphatic carbocycles. The summed E-state index contributed by atoms with van der Waals surface area (Å²) in [4.78, 5) is 0. The molecule has 0 aromatic heterocycles. The van der Waals surface area contributed by atoms with E-state index in [1.807, 2.05) is 53.2 Å². The van der Waals surface area contributed by atoms with E-state index in [2.05, 4.69) is 0 Å². The van der Waals surface area contributed by atoms with Crippen LogP contribution in [-0.2, 0) is 0 Å². The van der Waals surface area contributed by atoms with Crippen LogP contribution in [0.25, 0.3) is 0 Å². The summed E-state index contributed by atoms with van der Waals surface area (Å²) in [5.41, 5.74) is 1.000. The molecule has 0 atom stereocenters. The lowest BCUT2D eigenvalue weighted by Gasteiger charge is -2.03. The molecule has 0 bridgehead atoms. The second-order valence-electron chi connectivity index (χ2n) is 1.57. The topological polar surface area (TPSA) is 3.24 Å². The second-order valence-corrected chi connectivity index (χ2v) is 3.44. The molecule has 9 heavy (non-hydrogen) atoms. The molecule has 0 saturated heterocycles. The number of hydrogen-bond acceptors (Lipinski definition) is 1. The van der Waals surface area contributed by atoms with Crippen molar-refractivity contribution in [1.29, 1.82) is 0 Å². The Hall–Kier alpha value is 0.0400. The Morgan fingerprint density at radius 3 is 2.11 bits per heavy atom. The van der Waals surface area contributed by atoms with Gasteiger partial charge in [0.1, 0.15) is 0 Å². The summed E-state index contributed by atoms with van der Waals surface area (Å²) in [6.45, 7) is 0. The Labute approximate surface area is 73.2 Å². The smallest absolute Gasteiger partial charge is 0.0767 e. The van der Waals surface area contributed by atoms with Gasteiger partial charge in [0.25, 0.3) is 0 Å². The van der Waals surface area contributed by atoms with E-state index in [-0.39, 0.29) is 0 Å². The molecule has 0 unspecified atom stereocenters. The molecular formula is C6H5ClIN. The van der Waals surface area contributed by atoms with Crippen LogP contribution in [0.1, 0.15) is 0 Å². The number of para-hydroxylation sites is 1. The van der Waals surface area contributed by atoms with Crippen molar-refractivity contribution in [3.8, 4) is 0 Å². The Kier molecular flexibility index (Phi) is 2.60. The van der Waals surface area contributed by atoms with Crippen LogP contribution in [0.2, 0.25) is 0 Å². The number of benzene rings is 1. The van der Waals surface area contributed by atoms with Crippen LogP contribution in [0, 0.1) is 0 Å². The van der Waals surface area contributed by atoms with E-state index in [1.165, 1.54) is 2.63 Å². The maximum atomic E-state index is 5.62. The summed E-state index contributed by atoms with van der Waals surface area (Å²) in [5.74, 6) is 0. The Balaban J connectivity index is 2.85. The van der Waals surface area contributed by atoms with Gasteiger partial charge in [-0.1, -0.05) is 18.2 Å². The first kappa shape index (κ1) is 7.15. The zero-order valence-electron chi connectivity index (χ0n) is 4.59. The minimum atomic E-state index is 1.000. The fourth-order valence-electron chi connectivity index (χ4n) is 0.541. The molecule has 0 spiro atoms. The molecule has 0 amide bonds. The van der Waals surface area contributed by atoms with Crippen molar-refractivity contribution in [3.63, 3.8) is 0 Å². The van der Waals surface area contributed by atoms with Gasteiger partial charge < -0.3 is 0 Å². The Bertz CT molecular complexity index is 176.